The Bertz CT molecular complexity index is 757. The van der Waals surface area contributed by atoms with Crippen molar-refractivity contribution in [2.24, 2.45) is 0 Å². The van der Waals surface area contributed by atoms with Gasteiger partial charge in [-0.05, 0) is 49.6 Å². The highest BCUT2D eigenvalue weighted by molar-refractivity contribution is 5.94. The number of rotatable bonds is 8. The fraction of sp³-hybridized carbons (Fsp3) is 0.364. The SMILES string of the molecule is CC[C@H](Cc1ccc(C)cc1)N(C)C(=O)CCNC(=O)c1ccc(F)cc1. The van der Waals surface area contributed by atoms with Crippen LogP contribution in [0.25, 0.3) is 0 Å². The van der Waals surface area contributed by atoms with E-state index in [1.165, 1.54) is 35.4 Å². The second kappa shape index (κ2) is 9.86. The molecule has 0 fully saturated rings. The minimum absolute atomic E-state index is 0.00614. The molecule has 0 radical (unpaired) electrons. The van der Waals surface area contributed by atoms with E-state index in [4.69, 9.17) is 0 Å². The summed E-state index contributed by atoms with van der Waals surface area (Å²) in [5.41, 5.74) is 2.80. The first kappa shape index (κ1) is 20.6. The fourth-order valence-corrected chi connectivity index (χ4v) is 2.92. The molecular weight excluding hydrogens is 343 g/mol. The van der Waals surface area contributed by atoms with E-state index in [9.17, 15) is 14.0 Å². The highest BCUT2D eigenvalue weighted by Gasteiger charge is 2.19. The summed E-state index contributed by atoms with van der Waals surface area (Å²) in [6.07, 6.45) is 1.90. The maximum Gasteiger partial charge on any atom is 0.251 e. The molecule has 0 saturated heterocycles. The molecule has 0 spiro atoms. The van der Waals surface area contributed by atoms with Crippen molar-refractivity contribution in [1.29, 1.82) is 0 Å². The number of nitrogens with one attached hydrogen (secondary N) is 1. The molecule has 2 aromatic carbocycles. The molecule has 1 atom stereocenters. The molecule has 4 nitrogen and oxygen atoms in total. The van der Waals surface area contributed by atoms with Gasteiger partial charge in [0.2, 0.25) is 5.91 Å². The summed E-state index contributed by atoms with van der Waals surface area (Å²) in [6, 6.07) is 13.8. The van der Waals surface area contributed by atoms with Crippen molar-refractivity contribution < 1.29 is 14.0 Å². The molecule has 0 saturated carbocycles. The van der Waals surface area contributed by atoms with Gasteiger partial charge in [0.15, 0.2) is 0 Å². The van der Waals surface area contributed by atoms with Crippen molar-refractivity contribution in [1.82, 2.24) is 10.2 Å². The molecule has 0 aliphatic carbocycles. The van der Waals surface area contributed by atoms with Crippen molar-refractivity contribution in [3.63, 3.8) is 0 Å². The van der Waals surface area contributed by atoms with E-state index in [0.717, 1.165) is 12.8 Å². The predicted octanol–water partition coefficient (Wildman–Crippen LogP) is 3.73. The number of nitrogens with zero attached hydrogens (tertiary/aromatic N) is 1. The van der Waals surface area contributed by atoms with Crippen molar-refractivity contribution in [2.45, 2.75) is 39.2 Å². The van der Waals surface area contributed by atoms with Gasteiger partial charge in [0.05, 0.1) is 0 Å². The monoisotopic (exact) mass is 370 g/mol. The second-order valence-electron chi connectivity index (χ2n) is 6.77. The third-order valence-electron chi connectivity index (χ3n) is 4.74. The molecule has 0 heterocycles. The van der Waals surface area contributed by atoms with Gasteiger partial charge in [0.25, 0.3) is 5.91 Å². The molecule has 27 heavy (non-hydrogen) atoms. The number of amides is 2. The Morgan fingerprint density at radius 1 is 1.07 bits per heavy atom. The molecule has 144 valence electrons. The zero-order valence-electron chi connectivity index (χ0n) is 16.2. The van der Waals surface area contributed by atoms with Crippen LogP contribution in [0.3, 0.4) is 0 Å². The molecular formula is C22H27FN2O2. The number of likely N-dealkylation sites (N-methyl/N-ethyl adjacent to an activating group) is 1. The Hall–Kier alpha value is -2.69. The number of carbonyl (C=O) groups is 2. The number of hydrogen-bond acceptors (Lipinski definition) is 2. The molecule has 0 unspecified atom stereocenters. The van der Waals surface area contributed by atoms with Gasteiger partial charge in [-0.1, -0.05) is 36.8 Å². The predicted molar refractivity (Wildman–Crippen MR) is 105 cm³/mol. The summed E-state index contributed by atoms with van der Waals surface area (Å²) in [7, 11) is 1.81. The van der Waals surface area contributed by atoms with E-state index in [2.05, 4.69) is 43.4 Å². The summed E-state index contributed by atoms with van der Waals surface area (Å²) < 4.78 is 12.9. The van der Waals surface area contributed by atoms with Crippen LogP contribution >= 0.6 is 0 Å². The second-order valence-corrected chi connectivity index (χ2v) is 6.77. The van der Waals surface area contributed by atoms with E-state index >= 15 is 0 Å². The lowest BCUT2D eigenvalue weighted by Crippen LogP contribution is -2.39. The number of halogens is 1. The van der Waals surface area contributed by atoms with Crippen LogP contribution in [0.1, 0.15) is 41.3 Å². The average molecular weight is 370 g/mol. The standard InChI is InChI=1S/C22H27FN2O2/c1-4-20(15-17-7-5-16(2)6-8-17)25(3)21(26)13-14-24-22(27)18-9-11-19(23)12-10-18/h5-12,20H,4,13-15H2,1-3H3,(H,24,27)/t20-/m1/s1. The topological polar surface area (TPSA) is 49.4 Å². The molecule has 0 aliphatic rings. The number of benzene rings is 2. The van der Waals surface area contributed by atoms with Gasteiger partial charge in [-0.25, -0.2) is 4.39 Å². The summed E-state index contributed by atoms with van der Waals surface area (Å²) in [4.78, 5) is 26.3. The molecule has 2 rings (SSSR count). The molecule has 1 N–H and O–H groups in total. The molecule has 2 aromatic rings. The Morgan fingerprint density at radius 2 is 1.70 bits per heavy atom. The van der Waals surface area contributed by atoms with Crippen molar-refractivity contribution >= 4 is 11.8 Å². The van der Waals surface area contributed by atoms with E-state index in [-0.39, 0.29) is 36.6 Å². The van der Waals surface area contributed by atoms with Crippen LogP contribution in [0.2, 0.25) is 0 Å². The minimum atomic E-state index is -0.387. The number of aryl methyl sites for hydroxylation is 1. The minimum Gasteiger partial charge on any atom is -0.352 e. The quantitative estimate of drug-likeness (QED) is 0.770. The Balaban J connectivity index is 1.83. The maximum absolute atomic E-state index is 12.9. The summed E-state index contributed by atoms with van der Waals surface area (Å²) in [5, 5.41) is 2.71. The van der Waals surface area contributed by atoms with Gasteiger partial charge in [-0.15, -0.1) is 0 Å². The normalized spacial score (nSPS) is 11.7. The molecule has 2 amide bonds. The van der Waals surface area contributed by atoms with E-state index < -0.39 is 0 Å². The van der Waals surface area contributed by atoms with Gasteiger partial charge in [-0.3, -0.25) is 9.59 Å². The Kier molecular flexibility index (Phi) is 7.53. The first-order valence-electron chi connectivity index (χ1n) is 9.25. The zero-order chi connectivity index (χ0) is 19.8. The highest BCUT2D eigenvalue weighted by Crippen LogP contribution is 2.13. The third-order valence-corrected chi connectivity index (χ3v) is 4.74. The molecule has 0 aliphatic heterocycles. The molecule has 0 bridgehead atoms. The third kappa shape index (κ3) is 6.20. The maximum atomic E-state index is 12.9. The number of hydrogen-bond donors (Lipinski definition) is 1. The van der Waals surface area contributed by atoms with E-state index in [1.807, 2.05) is 7.05 Å². The van der Waals surface area contributed by atoms with Crippen molar-refractivity contribution in [3.05, 3.63) is 71.0 Å². The average Bonchev–Trinajstić information content (AvgIpc) is 2.67. The van der Waals surface area contributed by atoms with Crippen LogP contribution in [0.5, 0.6) is 0 Å². The highest BCUT2D eigenvalue weighted by atomic mass is 19.1. The van der Waals surface area contributed by atoms with Gasteiger partial charge >= 0.3 is 0 Å². The van der Waals surface area contributed by atoms with Crippen LogP contribution in [0.4, 0.5) is 4.39 Å². The smallest absolute Gasteiger partial charge is 0.251 e. The lowest BCUT2D eigenvalue weighted by Gasteiger charge is -2.27. The largest absolute Gasteiger partial charge is 0.352 e. The zero-order valence-corrected chi connectivity index (χ0v) is 16.2. The van der Waals surface area contributed by atoms with Crippen molar-refractivity contribution in [3.8, 4) is 0 Å². The van der Waals surface area contributed by atoms with Crippen LogP contribution in [0, 0.1) is 12.7 Å². The fourth-order valence-electron chi connectivity index (χ4n) is 2.92. The van der Waals surface area contributed by atoms with Gasteiger partial charge in [0.1, 0.15) is 5.82 Å². The van der Waals surface area contributed by atoms with E-state index in [0.29, 0.717) is 5.56 Å². The van der Waals surface area contributed by atoms with E-state index in [1.54, 1.807) is 4.90 Å². The van der Waals surface area contributed by atoms with Gasteiger partial charge in [-0.2, -0.15) is 0 Å². The van der Waals surface area contributed by atoms with Crippen molar-refractivity contribution in [2.75, 3.05) is 13.6 Å². The van der Waals surface area contributed by atoms with Gasteiger partial charge < -0.3 is 10.2 Å². The summed E-state index contributed by atoms with van der Waals surface area (Å²) in [6.45, 7) is 4.37. The summed E-state index contributed by atoms with van der Waals surface area (Å²) >= 11 is 0. The van der Waals surface area contributed by atoms with Crippen LogP contribution in [0.15, 0.2) is 48.5 Å². The first-order valence-corrected chi connectivity index (χ1v) is 9.25. The van der Waals surface area contributed by atoms with Crippen LogP contribution < -0.4 is 5.32 Å². The van der Waals surface area contributed by atoms with Gasteiger partial charge in [0, 0.05) is 31.6 Å². The van der Waals surface area contributed by atoms with Crippen LogP contribution in [-0.2, 0) is 11.2 Å². The number of carbonyl (C=O) groups excluding carboxylic acids is 2. The lowest BCUT2D eigenvalue weighted by molar-refractivity contribution is -0.131. The Labute approximate surface area is 160 Å². The molecule has 5 heteroatoms. The first-order chi connectivity index (χ1) is 12.9. The Morgan fingerprint density at radius 3 is 2.30 bits per heavy atom. The molecule has 0 aromatic heterocycles. The van der Waals surface area contributed by atoms with Crippen LogP contribution in [-0.4, -0.2) is 36.3 Å². The summed E-state index contributed by atoms with van der Waals surface area (Å²) in [5.74, 6) is -0.701. The lowest BCUT2D eigenvalue weighted by atomic mass is 10.0.